The third kappa shape index (κ3) is 2.79. The summed E-state index contributed by atoms with van der Waals surface area (Å²) in [6.45, 7) is 3.57. The van der Waals surface area contributed by atoms with Crippen LogP contribution in [0.4, 0.5) is 0 Å². The van der Waals surface area contributed by atoms with Crippen LogP contribution in [0.3, 0.4) is 0 Å². The van der Waals surface area contributed by atoms with Crippen LogP contribution in [-0.4, -0.2) is 43.6 Å². The van der Waals surface area contributed by atoms with Crippen molar-refractivity contribution in [3.8, 4) is 5.95 Å². The fourth-order valence-electron chi connectivity index (χ4n) is 5.35. The Labute approximate surface area is 164 Å². The van der Waals surface area contributed by atoms with E-state index in [1.807, 2.05) is 11.8 Å². The smallest absolute Gasteiger partial charge is 0.257 e. The second-order valence-electron chi connectivity index (χ2n) is 8.76. The van der Waals surface area contributed by atoms with Gasteiger partial charge in [0.2, 0.25) is 5.95 Å². The minimum absolute atomic E-state index is 0.0507. The Morgan fingerprint density at radius 3 is 2.79 bits per heavy atom. The number of carbonyl (C=O) groups excluding carboxylic acids is 1. The number of hydrogen-bond acceptors (Lipinski definition) is 4. The average molecular weight is 381 g/mol. The van der Waals surface area contributed by atoms with E-state index in [0.29, 0.717) is 16.9 Å². The van der Waals surface area contributed by atoms with E-state index in [2.05, 4.69) is 15.1 Å². The molecule has 2 aliphatic carbocycles. The van der Waals surface area contributed by atoms with Crippen molar-refractivity contribution in [3.05, 3.63) is 39.1 Å². The van der Waals surface area contributed by atoms with E-state index < -0.39 is 0 Å². The Kier molecular flexibility index (Phi) is 4.14. The normalized spacial score (nSPS) is 20.7. The maximum atomic E-state index is 13.2. The molecule has 0 aromatic carbocycles. The second-order valence-corrected chi connectivity index (χ2v) is 8.76. The first-order valence-electron chi connectivity index (χ1n) is 10.5. The SMILES string of the molecule is Cc1c(C(=O)N2CCC3(CCCCC3)C2)cnn1-c1nc2c(c(=O)[nH]1)CCC2. The number of aromatic nitrogens is 4. The molecule has 1 aliphatic heterocycles. The highest BCUT2D eigenvalue weighted by Gasteiger charge is 2.41. The van der Waals surface area contributed by atoms with Gasteiger partial charge in [-0.25, -0.2) is 9.67 Å². The van der Waals surface area contributed by atoms with Crippen LogP contribution in [0.15, 0.2) is 11.0 Å². The molecule has 0 bridgehead atoms. The summed E-state index contributed by atoms with van der Waals surface area (Å²) in [5.41, 5.74) is 3.25. The highest BCUT2D eigenvalue weighted by Crippen LogP contribution is 2.44. The van der Waals surface area contributed by atoms with Crippen LogP contribution in [0, 0.1) is 12.3 Å². The number of fused-ring (bicyclic) bond motifs is 1. The predicted molar refractivity (Wildman–Crippen MR) is 105 cm³/mol. The van der Waals surface area contributed by atoms with Crippen LogP contribution >= 0.6 is 0 Å². The molecule has 2 aromatic heterocycles. The van der Waals surface area contributed by atoms with Gasteiger partial charge in [0.1, 0.15) is 0 Å². The van der Waals surface area contributed by atoms with Gasteiger partial charge in [-0.2, -0.15) is 5.10 Å². The number of aryl methyl sites for hydroxylation is 1. The van der Waals surface area contributed by atoms with Gasteiger partial charge in [0.05, 0.1) is 23.1 Å². The van der Waals surface area contributed by atoms with Gasteiger partial charge in [-0.05, 0) is 50.9 Å². The molecule has 5 rings (SSSR count). The number of rotatable bonds is 2. The number of aromatic amines is 1. The van der Waals surface area contributed by atoms with Gasteiger partial charge >= 0.3 is 0 Å². The van der Waals surface area contributed by atoms with Gasteiger partial charge in [-0.15, -0.1) is 0 Å². The molecule has 2 fully saturated rings. The van der Waals surface area contributed by atoms with Crippen molar-refractivity contribution in [2.24, 2.45) is 5.41 Å². The number of H-pyrrole nitrogens is 1. The maximum Gasteiger partial charge on any atom is 0.257 e. The quantitative estimate of drug-likeness (QED) is 0.866. The third-order valence-electron chi connectivity index (χ3n) is 7.01. The van der Waals surface area contributed by atoms with Gasteiger partial charge in [0.25, 0.3) is 11.5 Å². The summed E-state index contributed by atoms with van der Waals surface area (Å²) >= 11 is 0. The number of nitrogens with one attached hydrogen (secondary N) is 1. The molecule has 3 heterocycles. The fourth-order valence-corrected chi connectivity index (χ4v) is 5.35. The highest BCUT2D eigenvalue weighted by molar-refractivity contribution is 5.95. The summed E-state index contributed by atoms with van der Waals surface area (Å²) in [5.74, 6) is 0.460. The Balaban J connectivity index is 1.41. The monoisotopic (exact) mass is 381 g/mol. The Morgan fingerprint density at radius 1 is 1.14 bits per heavy atom. The first-order valence-corrected chi connectivity index (χ1v) is 10.5. The average Bonchev–Trinajstić information content (AvgIpc) is 3.41. The van der Waals surface area contributed by atoms with Gasteiger partial charge in [-0.3, -0.25) is 14.6 Å². The van der Waals surface area contributed by atoms with Gasteiger partial charge in [-0.1, -0.05) is 19.3 Å². The van der Waals surface area contributed by atoms with Gasteiger partial charge < -0.3 is 4.90 Å². The summed E-state index contributed by atoms with van der Waals surface area (Å²) < 4.78 is 1.60. The summed E-state index contributed by atoms with van der Waals surface area (Å²) in [6, 6.07) is 0. The molecule has 1 saturated heterocycles. The molecule has 1 N–H and O–H groups in total. The van der Waals surface area contributed by atoms with E-state index in [-0.39, 0.29) is 11.5 Å². The molecule has 1 saturated carbocycles. The van der Waals surface area contributed by atoms with Crippen LogP contribution < -0.4 is 5.56 Å². The molecule has 1 spiro atoms. The molecule has 2 aromatic rings. The molecule has 0 atom stereocenters. The van der Waals surface area contributed by atoms with E-state index in [0.717, 1.165) is 55.7 Å². The first kappa shape index (κ1) is 17.6. The second kappa shape index (κ2) is 6.57. The molecule has 0 unspecified atom stereocenters. The summed E-state index contributed by atoms with van der Waals surface area (Å²) in [6.07, 6.45) is 11.7. The lowest BCUT2D eigenvalue weighted by Gasteiger charge is -2.33. The van der Waals surface area contributed by atoms with Crippen molar-refractivity contribution in [3.63, 3.8) is 0 Å². The van der Waals surface area contributed by atoms with E-state index in [1.165, 1.54) is 32.1 Å². The lowest BCUT2D eigenvalue weighted by Crippen LogP contribution is -2.33. The zero-order valence-corrected chi connectivity index (χ0v) is 16.5. The summed E-state index contributed by atoms with van der Waals surface area (Å²) in [5, 5.41) is 4.39. The predicted octanol–water partition coefficient (Wildman–Crippen LogP) is 2.55. The maximum absolute atomic E-state index is 13.2. The van der Waals surface area contributed by atoms with Crippen molar-refractivity contribution in [1.29, 1.82) is 0 Å². The standard InChI is InChI=1S/C21H27N5O2/c1-14-16(19(28)25-11-10-21(13-25)8-3-2-4-9-21)12-22-26(14)20-23-17-7-5-6-15(17)18(27)24-20/h12H,2-11,13H2,1H3,(H,23,24,27). The summed E-state index contributed by atoms with van der Waals surface area (Å²) in [4.78, 5) is 34.9. The number of likely N-dealkylation sites (tertiary alicyclic amines) is 1. The van der Waals surface area contributed by atoms with Crippen LogP contribution in [0.25, 0.3) is 5.95 Å². The lowest BCUT2D eigenvalue weighted by atomic mass is 9.73. The summed E-state index contributed by atoms with van der Waals surface area (Å²) in [7, 11) is 0. The third-order valence-corrected chi connectivity index (χ3v) is 7.01. The molecule has 0 radical (unpaired) electrons. The molecule has 3 aliphatic rings. The minimum Gasteiger partial charge on any atom is -0.338 e. The van der Waals surface area contributed by atoms with Crippen molar-refractivity contribution < 1.29 is 4.79 Å². The molecule has 7 nitrogen and oxygen atoms in total. The van der Waals surface area contributed by atoms with Crippen molar-refractivity contribution in [1.82, 2.24) is 24.6 Å². The number of hydrogen-bond donors (Lipinski definition) is 1. The Morgan fingerprint density at radius 2 is 1.96 bits per heavy atom. The Bertz CT molecular complexity index is 983. The van der Waals surface area contributed by atoms with Gasteiger partial charge in [0, 0.05) is 18.7 Å². The van der Waals surface area contributed by atoms with Crippen molar-refractivity contribution in [2.45, 2.75) is 64.7 Å². The molecular formula is C21H27N5O2. The van der Waals surface area contributed by atoms with E-state index in [1.54, 1.807) is 10.9 Å². The minimum atomic E-state index is -0.0842. The Hall–Kier alpha value is -2.44. The zero-order valence-electron chi connectivity index (χ0n) is 16.5. The number of carbonyl (C=O) groups is 1. The topological polar surface area (TPSA) is 83.9 Å². The first-order chi connectivity index (χ1) is 13.6. The van der Waals surface area contributed by atoms with Crippen LogP contribution in [0.2, 0.25) is 0 Å². The van der Waals surface area contributed by atoms with E-state index in [9.17, 15) is 9.59 Å². The molecule has 7 heteroatoms. The fraction of sp³-hybridized carbons (Fsp3) is 0.619. The van der Waals surface area contributed by atoms with Gasteiger partial charge in [0.15, 0.2) is 0 Å². The molecule has 1 amide bonds. The largest absolute Gasteiger partial charge is 0.338 e. The van der Waals surface area contributed by atoms with Crippen LogP contribution in [-0.2, 0) is 12.8 Å². The molecule has 148 valence electrons. The number of nitrogens with zero attached hydrogens (tertiary/aromatic N) is 4. The number of amides is 1. The molecule has 28 heavy (non-hydrogen) atoms. The van der Waals surface area contributed by atoms with Crippen LogP contribution in [0.5, 0.6) is 0 Å². The lowest BCUT2D eigenvalue weighted by molar-refractivity contribution is 0.0758. The van der Waals surface area contributed by atoms with E-state index >= 15 is 0 Å². The zero-order chi connectivity index (χ0) is 19.3. The van der Waals surface area contributed by atoms with Crippen LogP contribution in [0.1, 0.15) is 72.3 Å². The van der Waals surface area contributed by atoms with E-state index in [4.69, 9.17) is 0 Å². The molecular weight excluding hydrogens is 354 g/mol. The van der Waals surface area contributed by atoms with Crippen molar-refractivity contribution >= 4 is 5.91 Å². The highest BCUT2D eigenvalue weighted by atomic mass is 16.2. The van der Waals surface area contributed by atoms with Crippen molar-refractivity contribution in [2.75, 3.05) is 13.1 Å².